The van der Waals surface area contributed by atoms with Gasteiger partial charge >= 0.3 is 0 Å². The first kappa shape index (κ1) is 21.9. The van der Waals surface area contributed by atoms with Gasteiger partial charge in [0.05, 0.1) is 5.75 Å². The molecule has 3 rings (SSSR count). The van der Waals surface area contributed by atoms with Crippen molar-refractivity contribution in [1.82, 2.24) is 10.2 Å². The molecule has 0 bridgehead atoms. The molecule has 2 aromatic carbocycles. The summed E-state index contributed by atoms with van der Waals surface area (Å²) in [5.74, 6) is 0.592. The largest absolute Gasteiger partial charge is 1.00 e. The normalized spacial score (nSPS) is 11.5. The van der Waals surface area contributed by atoms with Gasteiger partial charge in [0.1, 0.15) is 0 Å². The summed E-state index contributed by atoms with van der Waals surface area (Å²) in [6.07, 6.45) is 1.59. The maximum atomic E-state index is 12.2. The predicted octanol–water partition coefficient (Wildman–Crippen LogP) is -0.107. The van der Waals surface area contributed by atoms with Crippen LogP contribution in [0.1, 0.15) is 30.0 Å². The van der Waals surface area contributed by atoms with Gasteiger partial charge in [0.2, 0.25) is 5.91 Å². The Kier molecular flexibility index (Phi) is 8.50. The highest BCUT2D eigenvalue weighted by Crippen LogP contribution is 2.21. The highest BCUT2D eigenvalue weighted by Gasteiger charge is 2.19. The topological polar surface area (TPSA) is 95.7 Å². The average Bonchev–Trinajstić information content (AvgIpc) is 3.17. The molecule has 1 atom stereocenters. The van der Waals surface area contributed by atoms with E-state index in [1.54, 1.807) is 0 Å². The number of nitrogens with one attached hydrogen (secondary N) is 1. The third-order valence-corrected chi connectivity index (χ3v) is 4.91. The van der Waals surface area contributed by atoms with Gasteiger partial charge in [-0.1, -0.05) is 67.2 Å². The molecule has 0 fully saturated rings. The number of hydrogen-bond donors (Lipinski definition) is 2. The third kappa shape index (κ3) is 6.09. The Hall–Kier alpha value is -2.35. The highest BCUT2D eigenvalue weighted by molar-refractivity contribution is 7.99. The Labute approximate surface area is 174 Å². The summed E-state index contributed by atoms with van der Waals surface area (Å²) >= 11 is 1.23. The molecule has 0 saturated heterocycles. The van der Waals surface area contributed by atoms with E-state index in [2.05, 4.69) is 28.2 Å². The number of carbonyl (C=O) groups is 1. The van der Waals surface area contributed by atoms with Gasteiger partial charge in [0, 0.05) is 12.1 Å². The summed E-state index contributed by atoms with van der Waals surface area (Å²) in [5, 5.41) is 11.4. The number of thioether (sulfide) groups is 1. The molecule has 4 N–H and O–H groups in total. The van der Waals surface area contributed by atoms with Gasteiger partial charge in [-0.05, 0) is 23.6 Å². The Morgan fingerprint density at radius 3 is 2.61 bits per heavy atom. The number of aryl methyl sites for hydroxylation is 1. The second-order valence-electron chi connectivity index (χ2n) is 6.14. The van der Waals surface area contributed by atoms with E-state index < -0.39 is 0 Å². The van der Waals surface area contributed by atoms with Crippen LogP contribution in [0.2, 0.25) is 0 Å². The minimum Gasteiger partial charge on any atom is -1.00 e. The zero-order chi connectivity index (χ0) is 19.1. The summed E-state index contributed by atoms with van der Waals surface area (Å²) < 4.78 is 5.66. The van der Waals surface area contributed by atoms with Crippen LogP contribution in [0.15, 0.2) is 64.2 Å². The van der Waals surface area contributed by atoms with Gasteiger partial charge in [0.25, 0.3) is 11.1 Å². The first-order chi connectivity index (χ1) is 13.2. The van der Waals surface area contributed by atoms with E-state index in [0.717, 1.165) is 24.1 Å². The van der Waals surface area contributed by atoms with Crippen LogP contribution in [0.3, 0.4) is 0 Å². The molecule has 0 radical (unpaired) electrons. The lowest BCUT2D eigenvalue weighted by atomic mass is 10.1. The van der Waals surface area contributed by atoms with Crippen molar-refractivity contribution < 1.29 is 27.4 Å². The van der Waals surface area contributed by atoms with Gasteiger partial charge in [-0.2, -0.15) is 0 Å². The SMILES string of the molecule is CCc1ccccc1NC(=O)CSc1nnc([C@@H]([NH3+])Cc2ccccc2)o1.[Cl-]. The van der Waals surface area contributed by atoms with Crippen molar-refractivity contribution in [2.75, 3.05) is 11.1 Å². The fraction of sp³-hybridized carbons (Fsp3) is 0.250. The second kappa shape index (κ2) is 10.8. The lowest BCUT2D eigenvalue weighted by Crippen LogP contribution is -3.00. The van der Waals surface area contributed by atoms with E-state index in [9.17, 15) is 4.79 Å². The van der Waals surface area contributed by atoms with Crippen molar-refractivity contribution in [3.63, 3.8) is 0 Å². The molecule has 8 heteroatoms. The number of nitrogens with zero attached hydrogens (tertiary/aromatic N) is 2. The zero-order valence-corrected chi connectivity index (χ0v) is 17.2. The number of halogens is 1. The maximum absolute atomic E-state index is 12.2. The van der Waals surface area contributed by atoms with Crippen LogP contribution in [0, 0.1) is 0 Å². The van der Waals surface area contributed by atoms with Crippen molar-refractivity contribution in [2.24, 2.45) is 0 Å². The van der Waals surface area contributed by atoms with E-state index in [4.69, 9.17) is 4.42 Å². The Balaban J connectivity index is 0.00000280. The Morgan fingerprint density at radius 1 is 1.14 bits per heavy atom. The van der Waals surface area contributed by atoms with Crippen molar-refractivity contribution >= 4 is 23.4 Å². The number of aromatic nitrogens is 2. The third-order valence-electron chi connectivity index (χ3n) is 4.10. The number of para-hydroxylation sites is 1. The van der Waals surface area contributed by atoms with Crippen LogP contribution >= 0.6 is 11.8 Å². The van der Waals surface area contributed by atoms with Crippen molar-refractivity contribution in [1.29, 1.82) is 0 Å². The van der Waals surface area contributed by atoms with Crippen LogP contribution in [0.5, 0.6) is 0 Å². The van der Waals surface area contributed by atoms with Crippen LogP contribution in [-0.4, -0.2) is 21.9 Å². The molecule has 1 heterocycles. The number of anilines is 1. The molecule has 28 heavy (non-hydrogen) atoms. The monoisotopic (exact) mass is 418 g/mol. The van der Waals surface area contributed by atoms with Crippen molar-refractivity contribution in [2.45, 2.75) is 31.0 Å². The minimum atomic E-state index is -0.125. The lowest BCUT2D eigenvalue weighted by Gasteiger charge is -2.08. The first-order valence-corrected chi connectivity index (χ1v) is 9.85. The highest BCUT2D eigenvalue weighted by atomic mass is 35.5. The van der Waals surface area contributed by atoms with Crippen molar-refractivity contribution in [3.05, 3.63) is 71.6 Å². The minimum absolute atomic E-state index is 0. The van der Waals surface area contributed by atoms with Gasteiger partial charge < -0.3 is 27.9 Å². The van der Waals surface area contributed by atoms with E-state index in [1.165, 1.54) is 17.3 Å². The fourth-order valence-corrected chi connectivity index (χ4v) is 3.26. The average molecular weight is 419 g/mol. The van der Waals surface area contributed by atoms with Crippen LogP contribution in [-0.2, 0) is 17.6 Å². The molecule has 1 amide bonds. The maximum Gasteiger partial charge on any atom is 0.277 e. The summed E-state index contributed by atoms with van der Waals surface area (Å²) in [7, 11) is 0. The Bertz CT molecular complexity index is 889. The molecule has 6 nitrogen and oxygen atoms in total. The summed E-state index contributed by atoms with van der Waals surface area (Å²) in [5.41, 5.74) is 7.22. The van der Waals surface area contributed by atoms with E-state index in [-0.39, 0.29) is 30.1 Å². The number of benzene rings is 2. The molecule has 0 saturated carbocycles. The number of carbonyl (C=O) groups excluding carboxylic acids is 1. The summed E-state index contributed by atoms with van der Waals surface area (Å²) in [6, 6.07) is 17.7. The van der Waals surface area contributed by atoms with Crippen LogP contribution < -0.4 is 23.5 Å². The summed E-state index contributed by atoms with van der Waals surface area (Å²) in [6.45, 7) is 2.06. The van der Waals surface area contributed by atoms with Gasteiger partial charge in [-0.3, -0.25) is 4.79 Å². The van der Waals surface area contributed by atoms with Gasteiger partial charge in [0.15, 0.2) is 6.04 Å². The summed E-state index contributed by atoms with van der Waals surface area (Å²) in [4.78, 5) is 12.2. The Morgan fingerprint density at radius 2 is 1.86 bits per heavy atom. The smallest absolute Gasteiger partial charge is 0.277 e. The van der Waals surface area contributed by atoms with E-state index in [0.29, 0.717) is 11.1 Å². The second-order valence-corrected chi connectivity index (χ2v) is 7.07. The molecule has 0 aliphatic heterocycles. The molecular formula is C20H23ClN4O2S. The molecule has 0 spiro atoms. The van der Waals surface area contributed by atoms with Crippen molar-refractivity contribution in [3.8, 4) is 0 Å². The van der Waals surface area contributed by atoms with E-state index in [1.807, 2.05) is 54.6 Å². The quantitative estimate of drug-likeness (QED) is 0.498. The van der Waals surface area contributed by atoms with Crippen LogP contribution in [0.4, 0.5) is 5.69 Å². The molecule has 0 aliphatic rings. The molecule has 0 unspecified atom stereocenters. The molecule has 148 valence electrons. The number of hydrogen-bond acceptors (Lipinski definition) is 5. The lowest BCUT2D eigenvalue weighted by molar-refractivity contribution is -0.431. The standard InChI is InChI=1S/C20H22N4O2S.ClH/c1-2-15-10-6-7-11-17(15)22-18(25)13-27-20-24-23-19(26-20)16(21)12-14-8-4-3-5-9-14;/h3-11,16H,2,12-13,21H2,1H3,(H,22,25);1H/t16-;/m0./s1. The predicted molar refractivity (Wildman–Crippen MR) is 105 cm³/mol. The van der Waals surface area contributed by atoms with Crippen LogP contribution in [0.25, 0.3) is 0 Å². The number of amides is 1. The van der Waals surface area contributed by atoms with Gasteiger partial charge in [-0.15, -0.1) is 10.2 Å². The van der Waals surface area contributed by atoms with Gasteiger partial charge in [-0.25, -0.2) is 0 Å². The molecule has 0 aliphatic carbocycles. The molecule has 3 aromatic rings. The fourth-order valence-electron chi connectivity index (χ4n) is 2.69. The molecular weight excluding hydrogens is 396 g/mol. The molecule has 1 aromatic heterocycles. The zero-order valence-electron chi connectivity index (χ0n) is 15.6. The number of rotatable bonds is 8. The van der Waals surface area contributed by atoms with E-state index >= 15 is 0 Å². The number of quaternary nitrogens is 1. The first-order valence-electron chi connectivity index (χ1n) is 8.86.